The first-order valence-corrected chi connectivity index (χ1v) is 7.68. The molecular formula is C11H23NO2S. The molecule has 1 saturated carbocycles. The predicted molar refractivity (Wildman–Crippen MR) is 63.5 cm³/mol. The molecule has 0 bridgehead atoms. The summed E-state index contributed by atoms with van der Waals surface area (Å²) in [4.78, 5) is 0. The second kappa shape index (κ2) is 4.83. The van der Waals surface area contributed by atoms with E-state index >= 15 is 0 Å². The van der Waals surface area contributed by atoms with Crippen LogP contribution in [0.5, 0.6) is 0 Å². The fourth-order valence-corrected chi connectivity index (χ4v) is 3.44. The molecule has 1 fully saturated rings. The summed E-state index contributed by atoms with van der Waals surface area (Å²) in [5.74, 6) is 1.14. The van der Waals surface area contributed by atoms with Gasteiger partial charge in [-0.2, -0.15) is 0 Å². The van der Waals surface area contributed by atoms with Crippen LogP contribution in [0.1, 0.15) is 46.0 Å². The third kappa shape index (κ3) is 4.11. The SMILES string of the molecule is CCS(=O)(=O)CCC1(N)CCCC(C)C1. The van der Waals surface area contributed by atoms with Crippen LogP contribution in [0.2, 0.25) is 0 Å². The van der Waals surface area contributed by atoms with Gasteiger partial charge in [0, 0.05) is 11.3 Å². The van der Waals surface area contributed by atoms with Crippen molar-refractivity contribution in [3.63, 3.8) is 0 Å². The number of sulfone groups is 1. The van der Waals surface area contributed by atoms with Gasteiger partial charge < -0.3 is 5.73 Å². The van der Waals surface area contributed by atoms with Crippen LogP contribution in [-0.2, 0) is 9.84 Å². The summed E-state index contributed by atoms with van der Waals surface area (Å²) < 4.78 is 22.8. The molecule has 0 amide bonds. The highest BCUT2D eigenvalue weighted by Gasteiger charge is 2.31. The largest absolute Gasteiger partial charge is 0.325 e. The van der Waals surface area contributed by atoms with Crippen molar-refractivity contribution in [2.24, 2.45) is 11.7 Å². The molecule has 1 aliphatic carbocycles. The third-order valence-electron chi connectivity index (χ3n) is 3.48. The molecule has 0 aromatic heterocycles. The summed E-state index contributed by atoms with van der Waals surface area (Å²) in [6, 6.07) is 0. The van der Waals surface area contributed by atoms with Crippen LogP contribution in [0.15, 0.2) is 0 Å². The van der Waals surface area contributed by atoms with Crippen molar-refractivity contribution in [3.8, 4) is 0 Å². The van der Waals surface area contributed by atoms with Gasteiger partial charge in [-0.1, -0.05) is 26.7 Å². The maximum absolute atomic E-state index is 11.4. The average Bonchev–Trinajstić information content (AvgIpc) is 2.15. The molecule has 90 valence electrons. The quantitative estimate of drug-likeness (QED) is 0.804. The van der Waals surface area contributed by atoms with Crippen LogP contribution < -0.4 is 5.73 Å². The number of rotatable bonds is 4. The molecule has 2 atom stereocenters. The van der Waals surface area contributed by atoms with Gasteiger partial charge in [0.2, 0.25) is 0 Å². The first-order valence-electron chi connectivity index (χ1n) is 5.86. The Labute approximate surface area is 93.3 Å². The van der Waals surface area contributed by atoms with Crippen LogP contribution in [-0.4, -0.2) is 25.5 Å². The normalized spacial score (nSPS) is 32.9. The minimum Gasteiger partial charge on any atom is -0.325 e. The standard InChI is InChI=1S/C11H23NO2S/c1-3-15(13,14)8-7-11(12)6-4-5-10(2)9-11/h10H,3-9,12H2,1-2H3. The third-order valence-corrected chi connectivity index (χ3v) is 5.18. The Morgan fingerprint density at radius 1 is 1.47 bits per heavy atom. The Kier molecular flexibility index (Phi) is 4.18. The minimum absolute atomic E-state index is 0.222. The molecule has 15 heavy (non-hydrogen) atoms. The summed E-state index contributed by atoms with van der Waals surface area (Å²) in [7, 11) is -2.85. The van der Waals surface area contributed by atoms with E-state index in [0.717, 1.165) is 19.3 Å². The van der Waals surface area contributed by atoms with Crippen molar-refractivity contribution in [1.29, 1.82) is 0 Å². The second-order valence-corrected chi connectivity index (χ2v) is 7.52. The molecule has 0 aromatic carbocycles. The zero-order valence-electron chi connectivity index (χ0n) is 9.83. The van der Waals surface area contributed by atoms with Crippen LogP contribution in [0.3, 0.4) is 0 Å². The molecule has 0 aromatic rings. The van der Waals surface area contributed by atoms with Gasteiger partial charge in [-0.25, -0.2) is 8.42 Å². The Balaban J connectivity index is 2.49. The van der Waals surface area contributed by atoms with E-state index in [-0.39, 0.29) is 17.0 Å². The van der Waals surface area contributed by atoms with Crippen molar-refractivity contribution in [3.05, 3.63) is 0 Å². The van der Waals surface area contributed by atoms with Gasteiger partial charge in [-0.15, -0.1) is 0 Å². The van der Waals surface area contributed by atoms with E-state index < -0.39 is 9.84 Å². The second-order valence-electron chi connectivity index (χ2n) is 5.05. The lowest BCUT2D eigenvalue weighted by atomic mass is 9.76. The van der Waals surface area contributed by atoms with E-state index in [2.05, 4.69) is 6.92 Å². The van der Waals surface area contributed by atoms with Gasteiger partial charge in [0.05, 0.1) is 5.75 Å². The van der Waals surface area contributed by atoms with E-state index in [9.17, 15) is 8.42 Å². The van der Waals surface area contributed by atoms with Gasteiger partial charge in [0.25, 0.3) is 0 Å². The van der Waals surface area contributed by atoms with Crippen LogP contribution >= 0.6 is 0 Å². The molecule has 2 unspecified atom stereocenters. The zero-order chi connectivity index (χ0) is 11.5. The Bertz CT molecular complexity index is 300. The topological polar surface area (TPSA) is 60.2 Å². The summed E-state index contributed by atoms with van der Waals surface area (Å²) in [5, 5.41) is 0. The molecule has 3 nitrogen and oxygen atoms in total. The van der Waals surface area contributed by atoms with Gasteiger partial charge in [-0.3, -0.25) is 0 Å². The van der Waals surface area contributed by atoms with Crippen molar-refractivity contribution < 1.29 is 8.42 Å². The molecule has 0 aliphatic heterocycles. The molecule has 0 spiro atoms. The lowest BCUT2D eigenvalue weighted by molar-refractivity contribution is 0.231. The van der Waals surface area contributed by atoms with Crippen molar-refractivity contribution in [1.82, 2.24) is 0 Å². The Hall–Kier alpha value is -0.0900. The maximum atomic E-state index is 11.4. The molecule has 1 rings (SSSR count). The Morgan fingerprint density at radius 3 is 2.67 bits per heavy atom. The number of nitrogens with two attached hydrogens (primary N) is 1. The van der Waals surface area contributed by atoms with Gasteiger partial charge in [-0.05, 0) is 25.2 Å². The van der Waals surface area contributed by atoms with Crippen LogP contribution in [0.25, 0.3) is 0 Å². The van der Waals surface area contributed by atoms with Crippen LogP contribution in [0.4, 0.5) is 0 Å². The Morgan fingerprint density at radius 2 is 2.13 bits per heavy atom. The first kappa shape index (κ1) is 13.0. The summed E-state index contributed by atoms with van der Waals surface area (Å²) >= 11 is 0. The molecule has 2 N–H and O–H groups in total. The van der Waals surface area contributed by atoms with Crippen molar-refractivity contribution >= 4 is 9.84 Å². The summed E-state index contributed by atoms with van der Waals surface area (Å²) in [5.41, 5.74) is 6.02. The minimum atomic E-state index is -2.85. The van der Waals surface area contributed by atoms with Crippen molar-refractivity contribution in [2.45, 2.75) is 51.5 Å². The monoisotopic (exact) mass is 233 g/mol. The summed E-state index contributed by atoms with van der Waals surface area (Å²) in [6.45, 7) is 3.90. The maximum Gasteiger partial charge on any atom is 0.150 e. The van der Waals surface area contributed by atoms with E-state index in [0.29, 0.717) is 12.3 Å². The molecule has 4 heteroatoms. The fraction of sp³-hybridized carbons (Fsp3) is 1.00. The zero-order valence-corrected chi connectivity index (χ0v) is 10.6. The van der Waals surface area contributed by atoms with Crippen LogP contribution in [0, 0.1) is 5.92 Å². The highest BCUT2D eigenvalue weighted by molar-refractivity contribution is 7.91. The molecule has 0 heterocycles. The van der Waals surface area contributed by atoms with Gasteiger partial charge in [0.1, 0.15) is 9.84 Å². The molecule has 0 saturated heterocycles. The lowest BCUT2D eigenvalue weighted by Gasteiger charge is -2.36. The molecular weight excluding hydrogens is 210 g/mol. The number of hydrogen-bond donors (Lipinski definition) is 1. The highest BCUT2D eigenvalue weighted by Crippen LogP contribution is 2.32. The lowest BCUT2D eigenvalue weighted by Crippen LogP contribution is -2.45. The molecule has 1 aliphatic rings. The molecule has 0 radical (unpaired) electrons. The van der Waals surface area contributed by atoms with E-state index in [1.54, 1.807) is 6.92 Å². The van der Waals surface area contributed by atoms with Crippen molar-refractivity contribution in [2.75, 3.05) is 11.5 Å². The smallest absolute Gasteiger partial charge is 0.150 e. The first-order chi connectivity index (χ1) is 6.87. The number of hydrogen-bond acceptors (Lipinski definition) is 3. The van der Waals surface area contributed by atoms with Gasteiger partial charge >= 0.3 is 0 Å². The van der Waals surface area contributed by atoms with Gasteiger partial charge in [0.15, 0.2) is 0 Å². The average molecular weight is 233 g/mol. The van der Waals surface area contributed by atoms with E-state index in [1.807, 2.05) is 0 Å². The van der Waals surface area contributed by atoms with E-state index in [4.69, 9.17) is 5.73 Å². The summed E-state index contributed by atoms with van der Waals surface area (Å²) in [6.07, 6.45) is 4.97. The highest BCUT2D eigenvalue weighted by atomic mass is 32.2. The predicted octanol–water partition coefficient (Wildman–Crippen LogP) is 1.72. The van der Waals surface area contributed by atoms with E-state index in [1.165, 1.54) is 6.42 Å². The fourth-order valence-electron chi connectivity index (χ4n) is 2.43.